The predicted octanol–water partition coefficient (Wildman–Crippen LogP) is 3.64. The average Bonchev–Trinajstić information content (AvgIpc) is 2.76. The van der Waals surface area contributed by atoms with Crippen molar-refractivity contribution in [1.29, 1.82) is 0 Å². The average molecular weight is 282 g/mol. The third-order valence-electron chi connectivity index (χ3n) is 6.82. The van der Waals surface area contributed by atoms with E-state index in [9.17, 15) is 9.59 Å². The second-order valence-corrected chi connectivity index (χ2v) is 7.69. The van der Waals surface area contributed by atoms with Gasteiger partial charge in [-0.15, -0.1) is 0 Å². The first-order valence-corrected chi connectivity index (χ1v) is 8.12. The van der Waals surface area contributed by atoms with Crippen molar-refractivity contribution in [3.05, 3.63) is 36.0 Å². The Labute approximate surface area is 126 Å². The van der Waals surface area contributed by atoms with E-state index in [1.54, 1.807) is 12.2 Å². The summed E-state index contributed by atoms with van der Waals surface area (Å²) < 4.78 is 0. The number of ketones is 2. The second kappa shape index (κ2) is 4.06. The van der Waals surface area contributed by atoms with Gasteiger partial charge in [0, 0.05) is 17.3 Å². The molecule has 0 aliphatic heterocycles. The highest BCUT2D eigenvalue weighted by Gasteiger charge is 2.57. The number of allylic oxidation sites excluding steroid dienone is 6. The van der Waals surface area contributed by atoms with Crippen LogP contribution in [0.5, 0.6) is 0 Å². The summed E-state index contributed by atoms with van der Waals surface area (Å²) in [6, 6.07) is 0. The highest BCUT2D eigenvalue weighted by atomic mass is 16.1. The molecule has 2 saturated carbocycles. The maximum atomic E-state index is 12.3. The Hall–Kier alpha value is -1.44. The minimum absolute atomic E-state index is 0.0275. The molecule has 2 heteroatoms. The molecule has 21 heavy (non-hydrogen) atoms. The van der Waals surface area contributed by atoms with Gasteiger partial charge in [-0.1, -0.05) is 32.1 Å². The molecular weight excluding hydrogens is 260 g/mol. The Balaban J connectivity index is 1.78. The summed E-state index contributed by atoms with van der Waals surface area (Å²) in [6.07, 6.45) is 14.0. The summed E-state index contributed by atoms with van der Waals surface area (Å²) in [5.74, 6) is 2.07. The van der Waals surface area contributed by atoms with Crippen molar-refractivity contribution in [2.45, 2.75) is 39.5 Å². The molecule has 0 aromatic rings. The van der Waals surface area contributed by atoms with Crippen LogP contribution in [0.1, 0.15) is 39.5 Å². The van der Waals surface area contributed by atoms with Crippen LogP contribution in [0.15, 0.2) is 36.0 Å². The maximum absolute atomic E-state index is 12.3. The van der Waals surface area contributed by atoms with Gasteiger partial charge in [-0.05, 0) is 54.7 Å². The number of carbonyl (C=O) groups is 2. The molecule has 0 bridgehead atoms. The number of hydrogen-bond donors (Lipinski definition) is 0. The topological polar surface area (TPSA) is 34.1 Å². The van der Waals surface area contributed by atoms with E-state index in [4.69, 9.17) is 0 Å². The fraction of sp³-hybridized carbons (Fsp3) is 0.579. The molecule has 0 aromatic heterocycles. The lowest BCUT2D eigenvalue weighted by molar-refractivity contribution is -0.130. The zero-order valence-corrected chi connectivity index (χ0v) is 12.8. The van der Waals surface area contributed by atoms with Crippen molar-refractivity contribution in [3.8, 4) is 0 Å². The number of fused-ring (bicyclic) bond motifs is 5. The summed E-state index contributed by atoms with van der Waals surface area (Å²) >= 11 is 0. The number of carbonyl (C=O) groups excluding carboxylic acids is 2. The van der Waals surface area contributed by atoms with Gasteiger partial charge >= 0.3 is 0 Å². The zero-order chi connectivity index (χ0) is 14.8. The summed E-state index contributed by atoms with van der Waals surface area (Å²) in [4.78, 5) is 24.0. The van der Waals surface area contributed by atoms with Gasteiger partial charge in [0.15, 0.2) is 5.78 Å². The van der Waals surface area contributed by atoms with Crippen molar-refractivity contribution in [3.63, 3.8) is 0 Å². The van der Waals surface area contributed by atoms with Crippen LogP contribution in [-0.4, -0.2) is 11.6 Å². The quantitative estimate of drug-likeness (QED) is 0.680. The lowest BCUT2D eigenvalue weighted by Gasteiger charge is -2.53. The van der Waals surface area contributed by atoms with Crippen molar-refractivity contribution in [2.75, 3.05) is 0 Å². The van der Waals surface area contributed by atoms with Crippen LogP contribution in [0.25, 0.3) is 0 Å². The first kappa shape index (κ1) is 13.2. The molecule has 2 nitrogen and oxygen atoms in total. The van der Waals surface area contributed by atoms with Gasteiger partial charge in [0.1, 0.15) is 5.78 Å². The fourth-order valence-electron chi connectivity index (χ4n) is 5.42. The molecule has 0 spiro atoms. The number of hydrogen-bond acceptors (Lipinski definition) is 2. The Morgan fingerprint density at radius 1 is 1.10 bits per heavy atom. The lowest BCUT2D eigenvalue weighted by atomic mass is 9.50. The normalized spacial score (nSPS) is 47.7. The van der Waals surface area contributed by atoms with E-state index in [0.717, 1.165) is 31.3 Å². The van der Waals surface area contributed by atoms with E-state index in [-0.39, 0.29) is 16.6 Å². The first-order chi connectivity index (χ1) is 9.95. The summed E-state index contributed by atoms with van der Waals surface area (Å²) in [6.45, 7) is 4.45. The molecule has 0 amide bonds. The molecule has 5 atom stereocenters. The standard InChI is InChI=1S/C19H22O2/c1-18-9-7-13(20)11-12(18)3-4-14-15-5-6-17(21)19(15,2)10-8-16(14)18/h3-4,7,9,11,14-16H,5-6,8,10H2,1-2H3/t14-,15+,16-,18-,19-/m0/s1. The highest BCUT2D eigenvalue weighted by molar-refractivity contribution is 6.01. The third-order valence-corrected chi connectivity index (χ3v) is 6.82. The minimum Gasteiger partial charge on any atom is -0.299 e. The predicted molar refractivity (Wildman–Crippen MR) is 81.5 cm³/mol. The maximum Gasteiger partial charge on any atom is 0.178 e. The van der Waals surface area contributed by atoms with Crippen molar-refractivity contribution >= 4 is 11.6 Å². The van der Waals surface area contributed by atoms with Crippen LogP contribution in [-0.2, 0) is 9.59 Å². The van der Waals surface area contributed by atoms with Crippen molar-refractivity contribution < 1.29 is 9.59 Å². The van der Waals surface area contributed by atoms with E-state index < -0.39 is 0 Å². The Bertz CT molecular complexity index is 623. The smallest absolute Gasteiger partial charge is 0.178 e. The minimum atomic E-state index is -0.0999. The largest absolute Gasteiger partial charge is 0.299 e. The van der Waals surface area contributed by atoms with E-state index in [1.165, 1.54) is 0 Å². The fourth-order valence-corrected chi connectivity index (χ4v) is 5.42. The van der Waals surface area contributed by atoms with Gasteiger partial charge in [-0.25, -0.2) is 0 Å². The summed E-state index contributed by atoms with van der Waals surface area (Å²) in [5.41, 5.74) is 1.03. The molecule has 2 fully saturated rings. The monoisotopic (exact) mass is 282 g/mol. The first-order valence-electron chi connectivity index (χ1n) is 8.12. The molecule has 0 heterocycles. The Morgan fingerprint density at radius 2 is 1.90 bits per heavy atom. The van der Waals surface area contributed by atoms with E-state index >= 15 is 0 Å². The third kappa shape index (κ3) is 1.59. The van der Waals surface area contributed by atoms with Gasteiger partial charge in [0.05, 0.1) is 0 Å². The van der Waals surface area contributed by atoms with Gasteiger partial charge in [-0.3, -0.25) is 9.59 Å². The van der Waals surface area contributed by atoms with Crippen molar-refractivity contribution in [2.24, 2.45) is 28.6 Å². The number of rotatable bonds is 0. The van der Waals surface area contributed by atoms with Crippen LogP contribution in [0.3, 0.4) is 0 Å². The highest BCUT2D eigenvalue weighted by Crippen LogP contribution is 2.61. The van der Waals surface area contributed by atoms with Gasteiger partial charge in [0.2, 0.25) is 0 Å². The Morgan fingerprint density at radius 3 is 2.71 bits per heavy atom. The van der Waals surface area contributed by atoms with Crippen molar-refractivity contribution in [1.82, 2.24) is 0 Å². The van der Waals surface area contributed by atoms with E-state index in [0.29, 0.717) is 23.5 Å². The lowest BCUT2D eigenvalue weighted by Crippen LogP contribution is -2.48. The van der Waals surface area contributed by atoms with Crippen LogP contribution in [0.4, 0.5) is 0 Å². The molecule has 0 aromatic carbocycles. The van der Waals surface area contributed by atoms with Gasteiger partial charge < -0.3 is 0 Å². The van der Waals surface area contributed by atoms with E-state index in [1.807, 2.05) is 0 Å². The second-order valence-electron chi connectivity index (χ2n) is 7.69. The summed E-state index contributed by atoms with van der Waals surface area (Å²) in [7, 11) is 0. The van der Waals surface area contributed by atoms with Crippen LogP contribution >= 0.6 is 0 Å². The molecule has 0 N–H and O–H groups in total. The van der Waals surface area contributed by atoms with Gasteiger partial charge in [-0.2, -0.15) is 0 Å². The molecule has 4 aliphatic rings. The molecule has 4 rings (SSSR count). The molecule has 0 unspecified atom stereocenters. The van der Waals surface area contributed by atoms with Crippen LogP contribution < -0.4 is 0 Å². The molecular formula is C19H22O2. The van der Waals surface area contributed by atoms with E-state index in [2.05, 4.69) is 32.1 Å². The van der Waals surface area contributed by atoms with Crippen LogP contribution in [0.2, 0.25) is 0 Å². The SMILES string of the molecule is C[C@]12C=CC(=O)C=C1C=C[C@H]1[C@H]3CCC(=O)[C@@]3(C)CC[C@@H]12. The Kier molecular flexibility index (Phi) is 2.56. The molecule has 4 aliphatic carbocycles. The summed E-state index contributed by atoms with van der Waals surface area (Å²) in [5, 5.41) is 0. The molecule has 0 radical (unpaired) electrons. The number of Topliss-reactive ketones (excluding diaryl/α,β-unsaturated/α-hetero) is 1. The van der Waals surface area contributed by atoms with Gasteiger partial charge in [0.25, 0.3) is 0 Å². The van der Waals surface area contributed by atoms with Crippen LogP contribution in [0, 0.1) is 28.6 Å². The molecule has 110 valence electrons. The molecule has 0 saturated heterocycles. The zero-order valence-electron chi connectivity index (χ0n) is 12.8.